The normalized spacial score (nSPS) is 14.6. The first-order chi connectivity index (χ1) is 8.68. The molecule has 0 aliphatic rings. The van der Waals surface area contributed by atoms with Gasteiger partial charge in [-0.1, -0.05) is 18.2 Å². The number of nitrogens with zero attached hydrogens (tertiary/aromatic N) is 1. The van der Waals surface area contributed by atoms with E-state index in [9.17, 15) is 4.21 Å². The summed E-state index contributed by atoms with van der Waals surface area (Å²) in [6.45, 7) is 3.54. The SMILES string of the molecule is CC(CNCc1ccnc2ccccc12)S(C)=O. The summed E-state index contributed by atoms with van der Waals surface area (Å²) in [5.41, 5.74) is 2.25. The first-order valence-electron chi connectivity index (χ1n) is 6.04. The zero-order valence-corrected chi connectivity index (χ0v) is 11.5. The van der Waals surface area contributed by atoms with E-state index in [1.54, 1.807) is 6.26 Å². The summed E-state index contributed by atoms with van der Waals surface area (Å²) in [6.07, 6.45) is 3.58. The Labute approximate surface area is 110 Å². The van der Waals surface area contributed by atoms with Crippen LogP contribution in [0.5, 0.6) is 0 Å². The second-order valence-corrected chi connectivity index (χ2v) is 6.23. The van der Waals surface area contributed by atoms with Gasteiger partial charge in [-0.2, -0.15) is 0 Å². The van der Waals surface area contributed by atoms with E-state index in [0.29, 0.717) is 0 Å². The van der Waals surface area contributed by atoms with Gasteiger partial charge in [0.1, 0.15) is 0 Å². The minimum Gasteiger partial charge on any atom is -0.311 e. The van der Waals surface area contributed by atoms with Crippen molar-refractivity contribution < 1.29 is 4.21 Å². The minimum absolute atomic E-state index is 0.179. The Morgan fingerprint density at radius 2 is 2.11 bits per heavy atom. The summed E-state index contributed by atoms with van der Waals surface area (Å²) in [5.74, 6) is 0. The van der Waals surface area contributed by atoms with Gasteiger partial charge < -0.3 is 5.32 Å². The second-order valence-electron chi connectivity index (χ2n) is 4.43. The Balaban J connectivity index is 2.06. The van der Waals surface area contributed by atoms with Crippen molar-refractivity contribution in [1.82, 2.24) is 10.3 Å². The number of fused-ring (bicyclic) bond motifs is 1. The highest BCUT2D eigenvalue weighted by molar-refractivity contribution is 7.84. The maximum absolute atomic E-state index is 11.3. The van der Waals surface area contributed by atoms with Gasteiger partial charge in [-0.15, -0.1) is 0 Å². The van der Waals surface area contributed by atoms with E-state index in [4.69, 9.17) is 0 Å². The molecule has 1 aromatic carbocycles. The molecule has 0 saturated carbocycles. The summed E-state index contributed by atoms with van der Waals surface area (Å²) < 4.78 is 11.3. The van der Waals surface area contributed by atoms with Crippen LogP contribution in [-0.4, -0.2) is 27.2 Å². The average molecular weight is 262 g/mol. The fourth-order valence-corrected chi connectivity index (χ4v) is 2.19. The van der Waals surface area contributed by atoms with Crippen LogP contribution >= 0.6 is 0 Å². The summed E-state index contributed by atoms with van der Waals surface area (Å²) in [7, 11) is -0.770. The maximum atomic E-state index is 11.3. The van der Waals surface area contributed by atoms with Gasteiger partial charge in [0.15, 0.2) is 0 Å². The molecule has 0 aliphatic heterocycles. The van der Waals surface area contributed by atoms with Gasteiger partial charge in [0.2, 0.25) is 0 Å². The number of nitrogens with one attached hydrogen (secondary N) is 1. The first-order valence-corrected chi connectivity index (χ1v) is 7.66. The standard InChI is InChI=1S/C14H18N2OS/c1-11(18(2)17)9-15-10-12-7-8-16-14-6-4-3-5-13(12)14/h3-8,11,15H,9-10H2,1-2H3. The van der Waals surface area contributed by atoms with Crippen LogP contribution in [0.15, 0.2) is 36.5 Å². The number of rotatable bonds is 5. The van der Waals surface area contributed by atoms with Crippen LogP contribution in [0.2, 0.25) is 0 Å². The van der Waals surface area contributed by atoms with Crippen molar-refractivity contribution in [3.05, 3.63) is 42.1 Å². The van der Waals surface area contributed by atoms with Gasteiger partial charge in [0, 0.05) is 47.0 Å². The number of hydrogen-bond acceptors (Lipinski definition) is 3. The lowest BCUT2D eigenvalue weighted by atomic mass is 10.1. The van der Waals surface area contributed by atoms with Crippen LogP contribution in [0.4, 0.5) is 0 Å². The molecule has 96 valence electrons. The van der Waals surface area contributed by atoms with Gasteiger partial charge in [-0.05, 0) is 24.6 Å². The lowest BCUT2D eigenvalue weighted by Crippen LogP contribution is -2.27. The Hall–Kier alpha value is -1.26. The third-order valence-electron chi connectivity index (χ3n) is 3.05. The zero-order valence-electron chi connectivity index (χ0n) is 10.7. The average Bonchev–Trinajstić information content (AvgIpc) is 2.38. The van der Waals surface area contributed by atoms with Crippen LogP contribution in [0.25, 0.3) is 10.9 Å². The van der Waals surface area contributed by atoms with E-state index >= 15 is 0 Å². The molecule has 0 aliphatic carbocycles. The van der Waals surface area contributed by atoms with Crippen molar-refractivity contribution in [2.24, 2.45) is 0 Å². The third-order valence-corrected chi connectivity index (χ3v) is 4.35. The monoisotopic (exact) mass is 262 g/mol. The molecule has 2 rings (SSSR count). The predicted octanol–water partition coefficient (Wildman–Crippen LogP) is 2.09. The molecule has 0 spiro atoms. The summed E-state index contributed by atoms with van der Waals surface area (Å²) in [6, 6.07) is 10.2. The molecule has 0 saturated heterocycles. The van der Waals surface area contributed by atoms with E-state index < -0.39 is 10.8 Å². The van der Waals surface area contributed by atoms with Gasteiger partial charge in [-0.25, -0.2) is 0 Å². The molecule has 0 bridgehead atoms. The Morgan fingerprint density at radius 1 is 1.33 bits per heavy atom. The smallest absolute Gasteiger partial charge is 0.0705 e. The highest BCUT2D eigenvalue weighted by Gasteiger charge is 2.06. The van der Waals surface area contributed by atoms with E-state index in [1.165, 1.54) is 10.9 Å². The molecule has 18 heavy (non-hydrogen) atoms. The number of benzene rings is 1. The fourth-order valence-electron chi connectivity index (χ4n) is 1.84. The van der Waals surface area contributed by atoms with E-state index in [1.807, 2.05) is 37.4 Å². The molecule has 3 nitrogen and oxygen atoms in total. The van der Waals surface area contributed by atoms with Crippen molar-refractivity contribution >= 4 is 21.7 Å². The van der Waals surface area contributed by atoms with Gasteiger partial charge >= 0.3 is 0 Å². The molecule has 0 radical (unpaired) electrons. The Morgan fingerprint density at radius 3 is 2.89 bits per heavy atom. The molecule has 1 heterocycles. The molecule has 4 heteroatoms. The van der Waals surface area contributed by atoms with Gasteiger partial charge in [0.25, 0.3) is 0 Å². The molecule has 1 aromatic heterocycles. The number of aromatic nitrogens is 1. The second kappa shape index (κ2) is 6.07. The Kier molecular flexibility index (Phi) is 4.44. The van der Waals surface area contributed by atoms with Crippen LogP contribution in [-0.2, 0) is 17.3 Å². The highest BCUT2D eigenvalue weighted by atomic mass is 32.2. The van der Waals surface area contributed by atoms with Crippen molar-refractivity contribution in [2.75, 3.05) is 12.8 Å². The topological polar surface area (TPSA) is 42.0 Å². The van der Waals surface area contributed by atoms with Crippen LogP contribution in [0.3, 0.4) is 0 Å². The van der Waals surface area contributed by atoms with Gasteiger partial charge in [-0.3, -0.25) is 9.19 Å². The molecular formula is C14H18N2OS. The Bertz CT molecular complexity index is 551. The quantitative estimate of drug-likeness (QED) is 0.897. The summed E-state index contributed by atoms with van der Waals surface area (Å²) >= 11 is 0. The molecule has 1 N–H and O–H groups in total. The lowest BCUT2D eigenvalue weighted by molar-refractivity contribution is 0.648. The minimum atomic E-state index is -0.770. The lowest BCUT2D eigenvalue weighted by Gasteiger charge is -2.11. The van der Waals surface area contributed by atoms with E-state index in [-0.39, 0.29) is 5.25 Å². The van der Waals surface area contributed by atoms with E-state index in [2.05, 4.69) is 16.4 Å². The zero-order chi connectivity index (χ0) is 13.0. The summed E-state index contributed by atoms with van der Waals surface area (Å²) in [5, 5.41) is 4.71. The molecule has 2 aromatic rings. The maximum Gasteiger partial charge on any atom is 0.0705 e. The van der Waals surface area contributed by atoms with Crippen molar-refractivity contribution in [2.45, 2.75) is 18.7 Å². The molecule has 0 amide bonds. The fraction of sp³-hybridized carbons (Fsp3) is 0.357. The van der Waals surface area contributed by atoms with Crippen molar-refractivity contribution in [3.63, 3.8) is 0 Å². The van der Waals surface area contributed by atoms with E-state index in [0.717, 1.165) is 18.6 Å². The van der Waals surface area contributed by atoms with Crippen LogP contribution in [0.1, 0.15) is 12.5 Å². The largest absolute Gasteiger partial charge is 0.311 e. The van der Waals surface area contributed by atoms with Crippen LogP contribution in [0, 0.1) is 0 Å². The number of pyridine rings is 1. The number of hydrogen-bond donors (Lipinski definition) is 1. The molecular weight excluding hydrogens is 244 g/mol. The molecule has 2 atom stereocenters. The summed E-state index contributed by atoms with van der Waals surface area (Å²) in [4.78, 5) is 4.34. The van der Waals surface area contributed by atoms with Crippen molar-refractivity contribution in [1.29, 1.82) is 0 Å². The third kappa shape index (κ3) is 3.15. The number of para-hydroxylation sites is 1. The predicted molar refractivity (Wildman–Crippen MR) is 77.0 cm³/mol. The van der Waals surface area contributed by atoms with Crippen LogP contribution < -0.4 is 5.32 Å². The molecule has 0 fully saturated rings. The van der Waals surface area contributed by atoms with Gasteiger partial charge in [0.05, 0.1) is 5.52 Å². The molecule has 2 unspecified atom stereocenters. The first kappa shape index (κ1) is 13.2. The van der Waals surface area contributed by atoms with Crippen molar-refractivity contribution in [3.8, 4) is 0 Å². The highest BCUT2D eigenvalue weighted by Crippen LogP contribution is 2.15.